The van der Waals surface area contributed by atoms with Gasteiger partial charge in [-0.05, 0) is 64.8 Å². The van der Waals surface area contributed by atoms with Crippen LogP contribution in [-0.2, 0) is 14.1 Å². The summed E-state index contributed by atoms with van der Waals surface area (Å²) < 4.78 is 17.8. The second-order valence-corrected chi connectivity index (χ2v) is 13.3. The average Bonchev–Trinajstić information content (AvgIpc) is 3.13. The molecule has 2 aromatic rings. The Morgan fingerprint density at radius 2 is 1.91 bits per heavy atom. The van der Waals surface area contributed by atoms with Crippen LogP contribution in [0.1, 0.15) is 69.0 Å². The van der Waals surface area contributed by atoms with Crippen LogP contribution in [0.2, 0.25) is 0 Å². The molecule has 3 N–H and O–H groups in total. The molecular formula is C24H33N4O4P. The van der Waals surface area contributed by atoms with Crippen molar-refractivity contribution in [2.75, 3.05) is 18.6 Å². The molecule has 8 nitrogen and oxygen atoms in total. The van der Waals surface area contributed by atoms with Gasteiger partial charge in [0.2, 0.25) is 5.91 Å². The first-order valence-corrected chi connectivity index (χ1v) is 14.1. The molecule has 3 unspecified atom stereocenters. The molecule has 2 amide bonds. The molecule has 33 heavy (non-hydrogen) atoms. The number of rotatable bonds is 7. The summed E-state index contributed by atoms with van der Waals surface area (Å²) in [7, 11) is -2.32. The number of hydrogen-bond acceptors (Lipinski definition) is 5. The highest BCUT2D eigenvalue weighted by Crippen LogP contribution is 2.38. The first-order valence-electron chi connectivity index (χ1n) is 11.5. The zero-order chi connectivity index (χ0) is 23.8. The van der Waals surface area contributed by atoms with E-state index in [1.807, 2.05) is 44.2 Å². The number of hydrogen-bond donors (Lipinski definition) is 3. The van der Waals surface area contributed by atoms with Gasteiger partial charge >= 0.3 is 6.09 Å². The second-order valence-electron chi connectivity index (χ2n) is 10.1. The SMILES string of the molecule is CC(C(=O)Nc1cc(C2CCC(OC(=O)NC3(C)CC3)C2)[nH]n1)c1ccc(P(C)(C)=O)cc1. The summed E-state index contributed by atoms with van der Waals surface area (Å²) in [5, 5.41) is 13.9. The van der Waals surface area contributed by atoms with E-state index in [-0.39, 0.29) is 35.5 Å². The van der Waals surface area contributed by atoms with Crippen molar-refractivity contribution in [1.82, 2.24) is 15.5 Å². The fourth-order valence-electron chi connectivity index (χ4n) is 4.19. The largest absolute Gasteiger partial charge is 0.446 e. The lowest BCUT2D eigenvalue weighted by molar-refractivity contribution is -0.117. The Morgan fingerprint density at radius 3 is 2.55 bits per heavy atom. The quantitative estimate of drug-likeness (QED) is 0.520. The van der Waals surface area contributed by atoms with Crippen LogP contribution >= 0.6 is 7.14 Å². The van der Waals surface area contributed by atoms with Gasteiger partial charge < -0.3 is 19.9 Å². The summed E-state index contributed by atoms with van der Waals surface area (Å²) in [6, 6.07) is 9.23. The molecule has 2 fully saturated rings. The molecule has 0 bridgehead atoms. The van der Waals surface area contributed by atoms with Gasteiger partial charge in [0, 0.05) is 28.5 Å². The third-order valence-corrected chi connectivity index (χ3v) is 8.30. The van der Waals surface area contributed by atoms with Gasteiger partial charge in [-0.15, -0.1) is 0 Å². The lowest BCUT2D eigenvalue weighted by Crippen LogP contribution is -2.36. The van der Waals surface area contributed by atoms with Crippen molar-refractivity contribution in [2.45, 2.75) is 69.4 Å². The first kappa shape index (κ1) is 23.6. The molecule has 0 spiro atoms. The van der Waals surface area contributed by atoms with Gasteiger partial charge in [-0.2, -0.15) is 5.10 Å². The van der Waals surface area contributed by atoms with Gasteiger partial charge in [-0.1, -0.05) is 24.3 Å². The molecule has 1 heterocycles. The van der Waals surface area contributed by atoms with Crippen LogP contribution < -0.4 is 15.9 Å². The molecule has 1 aromatic carbocycles. The van der Waals surface area contributed by atoms with Crippen molar-refractivity contribution in [3.63, 3.8) is 0 Å². The van der Waals surface area contributed by atoms with E-state index in [0.717, 1.165) is 48.7 Å². The fourth-order valence-corrected chi connectivity index (χ4v) is 5.05. The van der Waals surface area contributed by atoms with Gasteiger partial charge in [0.15, 0.2) is 5.82 Å². The summed E-state index contributed by atoms with van der Waals surface area (Å²) in [6.45, 7) is 7.32. The number of nitrogens with one attached hydrogen (secondary N) is 3. The van der Waals surface area contributed by atoms with E-state index >= 15 is 0 Å². The minimum atomic E-state index is -2.32. The van der Waals surface area contributed by atoms with Crippen molar-refractivity contribution in [2.24, 2.45) is 0 Å². The van der Waals surface area contributed by atoms with Crippen molar-refractivity contribution >= 4 is 30.3 Å². The Balaban J connectivity index is 1.29. The number of H-pyrrole nitrogens is 1. The molecule has 9 heteroatoms. The number of alkyl carbamates (subject to hydrolysis) is 1. The van der Waals surface area contributed by atoms with E-state index in [4.69, 9.17) is 4.74 Å². The molecular weight excluding hydrogens is 439 g/mol. The zero-order valence-electron chi connectivity index (χ0n) is 19.7. The number of anilines is 1. The predicted molar refractivity (Wildman–Crippen MR) is 129 cm³/mol. The Kier molecular flexibility index (Phi) is 6.41. The van der Waals surface area contributed by atoms with Crippen molar-refractivity contribution in [1.29, 1.82) is 0 Å². The zero-order valence-corrected chi connectivity index (χ0v) is 20.6. The third-order valence-electron chi connectivity index (χ3n) is 6.76. The summed E-state index contributed by atoms with van der Waals surface area (Å²) >= 11 is 0. The Hall–Kier alpha value is -2.60. The highest BCUT2D eigenvalue weighted by atomic mass is 31.2. The van der Waals surface area contributed by atoms with Crippen LogP contribution in [0.15, 0.2) is 30.3 Å². The van der Waals surface area contributed by atoms with E-state index in [2.05, 4.69) is 20.8 Å². The summed E-state index contributed by atoms with van der Waals surface area (Å²) in [5.41, 5.74) is 1.71. The average molecular weight is 473 g/mol. The van der Waals surface area contributed by atoms with E-state index < -0.39 is 7.14 Å². The Bertz CT molecular complexity index is 1070. The molecule has 178 valence electrons. The maximum atomic E-state index is 12.7. The lowest BCUT2D eigenvalue weighted by Gasteiger charge is -2.16. The molecule has 3 atom stereocenters. The number of aromatic amines is 1. The third kappa shape index (κ3) is 5.85. The summed E-state index contributed by atoms with van der Waals surface area (Å²) in [5.74, 6) is 0.160. The van der Waals surface area contributed by atoms with E-state index in [1.165, 1.54) is 0 Å². The number of carbonyl (C=O) groups is 2. The molecule has 0 radical (unpaired) electrons. The van der Waals surface area contributed by atoms with Crippen LogP contribution in [0, 0.1) is 0 Å². The maximum absolute atomic E-state index is 12.7. The van der Waals surface area contributed by atoms with Gasteiger partial charge in [0.25, 0.3) is 0 Å². The van der Waals surface area contributed by atoms with Gasteiger partial charge in [0.1, 0.15) is 13.2 Å². The maximum Gasteiger partial charge on any atom is 0.407 e. The van der Waals surface area contributed by atoms with E-state index in [9.17, 15) is 14.2 Å². The van der Waals surface area contributed by atoms with Crippen LogP contribution in [0.5, 0.6) is 0 Å². The van der Waals surface area contributed by atoms with Crippen LogP contribution in [-0.4, -0.2) is 47.2 Å². The first-order chi connectivity index (χ1) is 15.5. The number of amides is 2. The molecule has 0 aliphatic heterocycles. The minimum absolute atomic E-state index is 0.0846. The highest BCUT2D eigenvalue weighted by molar-refractivity contribution is 7.70. The van der Waals surface area contributed by atoms with Gasteiger partial charge in [-0.25, -0.2) is 4.79 Å². The highest BCUT2D eigenvalue weighted by Gasteiger charge is 2.40. The van der Waals surface area contributed by atoms with Crippen molar-refractivity contribution in [3.8, 4) is 0 Å². The normalized spacial score (nSPS) is 22.4. The van der Waals surface area contributed by atoms with Gasteiger partial charge in [0.05, 0.1) is 5.92 Å². The monoisotopic (exact) mass is 472 g/mol. The smallest absolute Gasteiger partial charge is 0.407 e. The van der Waals surface area contributed by atoms with Crippen molar-refractivity contribution in [3.05, 3.63) is 41.6 Å². The molecule has 2 aliphatic rings. The van der Waals surface area contributed by atoms with E-state index in [1.54, 1.807) is 13.3 Å². The molecule has 2 saturated carbocycles. The minimum Gasteiger partial charge on any atom is -0.446 e. The number of ether oxygens (including phenoxy) is 1. The van der Waals surface area contributed by atoms with Crippen LogP contribution in [0.3, 0.4) is 0 Å². The van der Waals surface area contributed by atoms with Crippen molar-refractivity contribution < 1.29 is 18.9 Å². The Morgan fingerprint density at radius 1 is 1.21 bits per heavy atom. The summed E-state index contributed by atoms with van der Waals surface area (Å²) in [4.78, 5) is 24.8. The van der Waals surface area contributed by atoms with E-state index in [0.29, 0.717) is 5.82 Å². The molecule has 4 rings (SSSR count). The fraction of sp³-hybridized carbons (Fsp3) is 0.542. The number of aromatic nitrogens is 2. The predicted octanol–water partition coefficient (Wildman–Crippen LogP) is 4.31. The second kappa shape index (κ2) is 8.98. The van der Waals surface area contributed by atoms with Crippen LogP contribution in [0.25, 0.3) is 0 Å². The molecule has 2 aliphatic carbocycles. The number of carbonyl (C=O) groups excluding carboxylic acids is 2. The standard InChI is InChI=1S/C24H33N4O4P/c1-15(16-6-9-19(10-7-16)33(3,4)31)22(29)25-21-14-20(27-28-21)17-5-8-18(13-17)32-23(30)26-24(2)11-12-24/h6-7,9-10,14-15,17-18H,5,8,11-13H2,1-4H3,(H,26,30)(H2,25,27,28,29). The number of benzene rings is 1. The topological polar surface area (TPSA) is 113 Å². The summed E-state index contributed by atoms with van der Waals surface area (Å²) in [6.07, 6.45) is 4.01. The molecule has 0 saturated heterocycles. The lowest BCUT2D eigenvalue weighted by atomic mass is 10.0. The molecule has 1 aromatic heterocycles. The number of nitrogens with zero attached hydrogens (tertiary/aromatic N) is 1. The van der Waals surface area contributed by atoms with Crippen LogP contribution in [0.4, 0.5) is 10.6 Å². The Labute approximate surface area is 194 Å². The van der Waals surface area contributed by atoms with Gasteiger partial charge in [-0.3, -0.25) is 9.89 Å².